The molecule has 188 valence electrons. The Kier molecular flexibility index (Phi) is 7.20. The van der Waals surface area contributed by atoms with Crippen LogP contribution in [0.2, 0.25) is 0 Å². The van der Waals surface area contributed by atoms with Crippen molar-refractivity contribution in [3.05, 3.63) is 65.2 Å². The number of nitrogens with one attached hydrogen (secondary N) is 1. The lowest BCUT2D eigenvalue weighted by Gasteiger charge is -2.45. The van der Waals surface area contributed by atoms with E-state index in [-0.39, 0.29) is 42.4 Å². The zero-order valence-corrected chi connectivity index (χ0v) is 20.0. The topological polar surface area (TPSA) is 54.0 Å². The van der Waals surface area contributed by atoms with Gasteiger partial charge in [0.25, 0.3) is 6.43 Å². The van der Waals surface area contributed by atoms with Crippen LogP contribution in [0.25, 0.3) is 0 Å². The summed E-state index contributed by atoms with van der Waals surface area (Å²) in [5.74, 6) is 0.0897. The van der Waals surface area contributed by atoms with Gasteiger partial charge in [0, 0.05) is 48.9 Å². The summed E-state index contributed by atoms with van der Waals surface area (Å²) in [6, 6.07) is 14.9. The number of hydrogen-bond donors (Lipinski definition) is 1. The van der Waals surface area contributed by atoms with Crippen LogP contribution < -0.4 is 5.32 Å². The van der Waals surface area contributed by atoms with Crippen LogP contribution in [0.4, 0.5) is 19.3 Å². The third-order valence-electron chi connectivity index (χ3n) is 7.55. The lowest BCUT2D eigenvalue weighted by molar-refractivity contribution is -0.113. The van der Waals surface area contributed by atoms with Gasteiger partial charge in [-0.1, -0.05) is 43.3 Å². The highest BCUT2D eigenvalue weighted by Crippen LogP contribution is 2.50. The monoisotopic (exact) mass is 485 g/mol. The van der Waals surface area contributed by atoms with Crippen LogP contribution in [0.5, 0.6) is 0 Å². The van der Waals surface area contributed by atoms with Gasteiger partial charge in [-0.2, -0.15) is 0 Å². The van der Waals surface area contributed by atoms with Crippen molar-refractivity contribution in [2.75, 3.05) is 44.6 Å². The van der Waals surface area contributed by atoms with Crippen LogP contribution >= 0.6 is 0 Å². The molecule has 3 aliphatic rings. The molecular formula is C27H33F2N3O3. The molecule has 4 atom stereocenters. The van der Waals surface area contributed by atoms with E-state index in [1.54, 1.807) is 17.0 Å². The summed E-state index contributed by atoms with van der Waals surface area (Å²) in [5, 5.41) is 3.57. The normalized spacial score (nSPS) is 26.6. The van der Waals surface area contributed by atoms with Gasteiger partial charge in [-0.15, -0.1) is 0 Å². The lowest BCUT2D eigenvalue weighted by atomic mass is 9.76. The van der Waals surface area contributed by atoms with Crippen molar-refractivity contribution in [2.24, 2.45) is 5.92 Å². The minimum atomic E-state index is -2.54. The Labute approximate surface area is 205 Å². The van der Waals surface area contributed by atoms with Gasteiger partial charge < -0.3 is 24.6 Å². The maximum absolute atomic E-state index is 13.5. The first kappa shape index (κ1) is 24.0. The first-order valence-corrected chi connectivity index (χ1v) is 12.6. The van der Waals surface area contributed by atoms with Crippen molar-refractivity contribution in [1.82, 2.24) is 9.80 Å². The zero-order chi connectivity index (χ0) is 24.4. The van der Waals surface area contributed by atoms with Gasteiger partial charge in [0.1, 0.15) is 6.61 Å². The molecule has 1 N–H and O–H groups in total. The number of nitrogens with zero attached hydrogens (tertiary/aromatic N) is 2. The summed E-state index contributed by atoms with van der Waals surface area (Å²) in [6.07, 6.45) is -1.88. The summed E-state index contributed by atoms with van der Waals surface area (Å²) in [7, 11) is 0. The maximum atomic E-state index is 13.5. The minimum Gasteiger partial charge on any atom is -0.447 e. The van der Waals surface area contributed by atoms with E-state index < -0.39 is 6.43 Å². The second-order valence-corrected chi connectivity index (χ2v) is 9.60. The number of halogens is 2. The second kappa shape index (κ2) is 10.5. The number of likely N-dealkylation sites (N-methyl/N-ethyl adjacent to an activating group) is 1. The molecule has 35 heavy (non-hydrogen) atoms. The van der Waals surface area contributed by atoms with E-state index in [0.717, 1.165) is 49.3 Å². The summed E-state index contributed by atoms with van der Waals surface area (Å²) in [5.41, 5.74) is 2.71. The standard InChI is InChI=1S/C27H33F2N3O3/c1-2-31-12-14-32(15-13-31)27(33)34-17-20-9-10-21-24(18-6-4-3-5-7-18)30-23-11-8-19(26(28)29)16-22(23)25(21)35-20/h3-8,11,16,20-21,24-26,30H,2,9-10,12-15,17H2,1H3/t20?,21?,24-,25?/m0/s1. The van der Waals surface area contributed by atoms with Gasteiger partial charge in [-0.25, -0.2) is 13.6 Å². The van der Waals surface area contributed by atoms with E-state index in [1.807, 2.05) is 18.2 Å². The van der Waals surface area contributed by atoms with E-state index in [0.29, 0.717) is 13.1 Å². The molecule has 0 aliphatic carbocycles. The van der Waals surface area contributed by atoms with Crippen LogP contribution in [-0.4, -0.2) is 61.3 Å². The number of rotatable bonds is 5. The smallest absolute Gasteiger partial charge is 0.409 e. The third kappa shape index (κ3) is 5.14. The number of fused-ring (bicyclic) bond motifs is 3. The average molecular weight is 486 g/mol. The molecular weight excluding hydrogens is 452 g/mol. The summed E-state index contributed by atoms with van der Waals surface area (Å²) in [6.45, 7) is 6.30. The highest BCUT2D eigenvalue weighted by Gasteiger charge is 2.43. The Morgan fingerprint density at radius 1 is 1.11 bits per heavy atom. The number of alkyl halides is 2. The zero-order valence-electron chi connectivity index (χ0n) is 20.0. The van der Waals surface area contributed by atoms with Crippen molar-refractivity contribution in [3.63, 3.8) is 0 Å². The van der Waals surface area contributed by atoms with E-state index in [1.165, 1.54) is 6.07 Å². The molecule has 0 saturated carbocycles. The predicted molar refractivity (Wildman–Crippen MR) is 130 cm³/mol. The molecule has 3 heterocycles. The van der Waals surface area contributed by atoms with Gasteiger partial charge in [0.05, 0.1) is 18.2 Å². The van der Waals surface area contributed by atoms with Crippen LogP contribution in [0.1, 0.15) is 55.0 Å². The second-order valence-electron chi connectivity index (χ2n) is 9.60. The molecule has 8 heteroatoms. The SMILES string of the molecule is CCN1CCN(C(=O)OCC2CCC3C(O2)c2cc(C(F)F)ccc2N[C@H]3c2ccccc2)CC1. The number of carbonyl (C=O) groups excluding carboxylic acids is 1. The minimum absolute atomic E-state index is 0.00849. The Morgan fingerprint density at radius 3 is 2.60 bits per heavy atom. The number of carbonyl (C=O) groups is 1. The molecule has 2 fully saturated rings. The van der Waals surface area contributed by atoms with Gasteiger partial charge >= 0.3 is 6.09 Å². The number of anilines is 1. The molecule has 5 rings (SSSR count). The summed E-state index contributed by atoms with van der Waals surface area (Å²) in [4.78, 5) is 16.7. The van der Waals surface area contributed by atoms with E-state index >= 15 is 0 Å². The van der Waals surface area contributed by atoms with Gasteiger partial charge in [0.15, 0.2) is 0 Å². The molecule has 0 radical (unpaired) electrons. The van der Waals surface area contributed by atoms with Crippen LogP contribution in [-0.2, 0) is 9.47 Å². The average Bonchev–Trinajstić information content (AvgIpc) is 2.91. The maximum Gasteiger partial charge on any atom is 0.409 e. The first-order chi connectivity index (χ1) is 17.0. The highest BCUT2D eigenvalue weighted by atomic mass is 19.3. The number of hydrogen-bond acceptors (Lipinski definition) is 5. The van der Waals surface area contributed by atoms with Crippen molar-refractivity contribution in [3.8, 4) is 0 Å². The Balaban J connectivity index is 1.30. The van der Waals surface area contributed by atoms with Crippen molar-refractivity contribution < 1.29 is 23.0 Å². The number of amides is 1. The third-order valence-corrected chi connectivity index (χ3v) is 7.55. The highest BCUT2D eigenvalue weighted by molar-refractivity contribution is 5.67. The fourth-order valence-corrected chi connectivity index (χ4v) is 5.53. The molecule has 2 aromatic carbocycles. The first-order valence-electron chi connectivity index (χ1n) is 12.6. The molecule has 3 aliphatic heterocycles. The van der Waals surface area contributed by atoms with Gasteiger partial charge in [0.2, 0.25) is 0 Å². The van der Waals surface area contributed by atoms with Crippen molar-refractivity contribution >= 4 is 11.8 Å². The number of ether oxygens (including phenoxy) is 2. The van der Waals surface area contributed by atoms with Crippen LogP contribution in [0.15, 0.2) is 48.5 Å². The number of benzene rings is 2. The van der Waals surface area contributed by atoms with Crippen LogP contribution in [0, 0.1) is 5.92 Å². The number of piperazine rings is 1. The van der Waals surface area contributed by atoms with Crippen molar-refractivity contribution in [2.45, 2.75) is 44.4 Å². The molecule has 2 aromatic rings. The fourth-order valence-electron chi connectivity index (χ4n) is 5.53. The summed E-state index contributed by atoms with van der Waals surface area (Å²) < 4.78 is 39.1. The van der Waals surface area contributed by atoms with E-state index in [9.17, 15) is 13.6 Å². The largest absolute Gasteiger partial charge is 0.447 e. The Morgan fingerprint density at radius 2 is 1.89 bits per heavy atom. The molecule has 0 spiro atoms. The van der Waals surface area contributed by atoms with E-state index in [2.05, 4.69) is 29.3 Å². The van der Waals surface area contributed by atoms with E-state index in [4.69, 9.17) is 9.47 Å². The van der Waals surface area contributed by atoms with Crippen molar-refractivity contribution in [1.29, 1.82) is 0 Å². The van der Waals surface area contributed by atoms with Gasteiger partial charge in [-0.05, 0) is 37.1 Å². The molecule has 3 unspecified atom stereocenters. The lowest BCUT2D eigenvalue weighted by Crippen LogP contribution is -2.49. The molecule has 0 aromatic heterocycles. The molecule has 2 saturated heterocycles. The van der Waals surface area contributed by atoms with Crippen LogP contribution in [0.3, 0.4) is 0 Å². The Bertz CT molecular complexity index is 1010. The fraction of sp³-hybridized carbons (Fsp3) is 0.519. The molecule has 6 nitrogen and oxygen atoms in total. The molecule has 0 bridgehead atoms. The Hall–Kier alpha value is -2.71. The quantitative estimate of drug-likeness (QED) is 0.615. The van der Waals surface area contributed by atoms with Gasteiger partial charge in [-0.3, -0.25) is 0 Å². The predicted octanol–water partition coefficient (Wildman–Crippen LogP) is 5.40. The molecule has 1 amide bonds. The summed E-state index contributed by atoms with van der Waals surface area (Å²) >= 11 is 0.